The van der Waals surface area contributed by atoms with Crippen molar-refractivity contribution in [2.45, 2.75) is 12.8 Å². The molecule has 0 heterocycles. The molecule has 0 rings (SSSR count). The van der Waals surface area contributed by atoms with Crippen molar-refractivity contribution in [3.8, 4) is 0 Å². The molecule has 0 N–H and O–H groups in total. The average molecular weight is 168 g/mol. The normalized spacial score (nSPS) is 10.3. The van der Waals surface area contributed by atoms with Crippen molar-refractivity contribution in [2.24, 2.45) is 0 Å². The molecule has 0 aliphatic carbocycles. The van der Waals surface area contributed by atoms with E-state index in [1.165, 1.54) is 17.7 Å². The number of rotatable bonds is 6. The Kier molecular flexibility index (Phi) is 7.37. The highest BCUT2D eigenvalue weighted by Crippen LogP contribution is 2.07. The standard InChI is InChI=1S/C10H16S/c1-4-5-7-10(2)8-6-9-11-3/h4-5,7H,1-2,6,8-9H2,3H3/b7-5-. The highest BCUT2D eigenvalue weighted by molar-refractivity contribution is 7.98. The molecule has 0 amide bonds. The highest BCUT2D eigenvalue weighted by atomic mass is 32.2. The van der Waals surface area contributed by atoms with Gasteiger partial charge in [0.25, 0.3) is 0 Å². The molecular formula is C10H16S. The third-order valence-corrected chi connectivity index (χ3v) is 2.01. The zero-order valence-electron chi connectivity index (χ0n) is 7.18. The van der Waals surface area contributed by atoms with E-state index in [9.17, 15) is 0 Å². The van der Waals surface area contributed by atoms with Crippen molar-refractivity contribution in [3.63, 3.8) is 0 Å². The summed E-state index contributed by atoms with van der Waals surface area (Å²) in [6.07, 6.45) is 10.2. The summed E-state index contributed by atoms with van der Waals surface area (Å²) < 4.78 is 0. The van der Waals surface area contributed by atoms with Crippen LogP contribution in [0.5, 0.6) is 0 Å². The Morgan fingerprint density at radius 3 is 2.82 bits per heavy atom. The molecule has 0 spiro atoms. The van der Waals surface area contributed by atoms with Crippen LogP contribution < -0.4 is 0 Å². The van der Waals surface area contributed by atoms with Crippen LogP contribution in [-0.2, 0) is 0 Å². The lowest BCUT2D eigenvalue weighted by molar-refractivity contribution is 0.943. The van der Waals surface area contributed by atoms with Gasteiger partial charge in [-0.15, -0.1) is 0 Å². The summed E-state index contributed by atoms with van der Waals surface area (Å²) >= 11 is 1.88. The number of hydrogen-bond donors (Lipinski definition) is 0. The van der Waals surface area contributed by atoms with Crippen molar-refractivity contribution in [1.29, 1.82) is 0 Å². The molecule has 0 fully saturated rings. The zero-order chi connectivity index (χ0) is 8.53. The fraction of sp³-hybridized carbons (Fsp3) is 0.400. The second kappa shape index (κ2) is 7.67. The maximum atomic E-state index is 3.92. The van der Waals surface area contributed by atoms with Crippen molar-refractivity contribution in [2.75, 3.05) is 12.0 Å². The summed E-state index contributed by atoms with van der Waals surface area (Å²) in [5.74, 6) is 1.22. The Morgan fingerprint density at radius 2 is 2.27 bits per heavy atom. The minimum atomic E-state index is 1.10. The summed E-state index contributed by atoms with van der Waals surface area (Å²) in [6.45, 7) is 7.52. The number of hydrogen-bond acceptors (Lipinski definition) is 1. The smallest absolute Gasteiger partial charge is 0.00672 e. The van der Waals surface area contributed by atoms with Crippen molar-refractivity contribution in [1.82, 2.24) is 0 Å². The van der Waals surface area contributed by atoms with Crippen LogP contribution >= 0.6 is 11.8 Å². The summed E-state index contributed by atoms with van der Waals surface area (Å²) in [6, 6.07) is 0. The first-order valence-corrected chi connectivity index (χ1v) is 5.16. The lowest BCUT2D eigenvalue weighted by Crippen LogP contribution is -1.80. The Balaban J connectivity index is 3.37. The molecule has 0 aliphatic heterocycles. The van der Waals surface area contributed by atoms with E-state index in [1.807, 2.05) is 23.9 Å². The molecule has 0 unspecified atom stereocenters. The third kappa shape index (κ3) is 7.47. The van der Waals surface area contributed by atoms with Crippen LogP contribution in [0.1, 0.15) is 12.8 Å². The predicted octanol–water partition coefficient (Wildman–Crippen LogP) is 3.43. The molecule has 0 aromatic carbocycles. The molecule has 11 heavy (non-hydrogen) atoms. The van der Waals surface area contributed by atoms with Gasteiger partial charge in [0.1, 0.15) is 0 Å². The zero-order valence-corrected chi connectivity index (χ0v) is 7.99. The molecule has 0 aromatic rings. The van der Waals surface area contributed by atoms with Gasteiger partial charge in [-0.1, -0.05) is 37.0 Å². The monoisotopic (exact) mass is 168 g/mol. The number of allylic oxidation sites excluding steroid dienone is 4. The second-order valence-corrected chi connectivity index (χ2v) is 3.34. The summed E-state index contributed by atoms with van der Waals surface area (Å²) in [7, 11) is 0. The molecule has 0 atom stereocenters. The fourth-order valence-electron chi connectivity index (χ4n) is 0.731. The van der Waals surface area contributed by atoms with E-state index < -0.39 is 0 Å². The molecule has 1 heteroatoms. The van der Waals surface area contributed by atoms with Gasteiger partial charge in [-0.3, -0.25) is 0 Å². The van der Waals surface area contributed by atoms with E-state index in [2.05, 4.69) is 19.4 Å². The van der Waals surface area contributed by atoms with Gasteiger partial charge in [-0.05, 0) is 24.9 Å². The molecule has 0 nitrogen and oxygen atoms in total. The summed E-state index contributed by atoms with van der Waals surface area (Å²) in [4.78, 5) is 0. The van der Waals surface area contributed by atoms with E-state index in [1.54, 1.807) is 6.08 Å². The van der Waals surface area contributed by atoms with Crippen LogP contribution in [-0.4, -0.2) is 12.0 Å². The molecule has 0 aromatic heterocycles. The predicted molar refractivity (Wildman–Crippen MR) is 56.1 cm³/mol. The Labute approximate surface area is 74.1 Å². The van der Waals surface area contributed by atoms with Gasteiger partial charge in [-0.25, -0.2) is 0 Å². The van der Waals surface area contributed by atoms with Crippen LogP contribution in [0.3, 0.4) is 0 Å². The minimum Gasteiger partial charge on any atom is -0.165 e. The Morgan fingerprint density at radius 1 is 1.55 bits per heavy atom. The summed E-state index contributed by atoms with van der Waals surface area (Å²) in [5.41, 5.74) is 1.19. The van der Waals surface area contributed by atoms with Gasteiger partial charge in [0.2, 0.25) is 0 Å². The fourth-order valence-corrected chi connectivity index (χ4v) is 1.16. The highest BCUT2D eigenvalue weighted by Gasteiger charge is 1.87. The van der Waals surface area contributed by atoms with E-state index in [0.717, 1.165) is 6.42 Å². The van der Waals surface area contributed by atoms with Crippen LogP contribution in [0, 0.1) is 0 Å². The van der Waals surface area contributed by atoms with Gasteiger partial charge in [0.05, 0.1) is 0 Å². The first-order valence-electron chi connectivity index (χ1n) is 3.77. The molecule has 0 bridgehead atoms. The van der Waals surface area contributed by atoms with Crippen LogP contribution in [0.4, 0.5) is 0 Å². The largest absolute Gasteiger partial charge is 0.165 e. The van der Waals surface area contributed by atoms with Crippen molar-refractivity contribution in [3.05, 3.63) is 37.0 Å². The minimum absolute atomic E-state index is 1.10. The van der Waals surface area contributed by atoms with E-state index in [4.69, 9.17) is 0 Å². The molecule has 0 saturated carbocycles. The average Bonchev–Trinajstić information content (AvgIpc) is 2.01. The van der Waals surface area contributed by atoms with Gasteiger partial charge in [-0.2, -0.15) is 11.8 Å². The molecule has 62 valence electrons. The SMILES string of the molecule is C=C/C=C\C(=C)CCCSC. The van der Waals surface area contributed by atoms with Gasteiger partial charge >= 0.3 is 0 Å². The van der Waals surface area contributed by atoms with Crippen molar-refractivity contribution >= 4 is 11.8 Å². The van der Waals surface area contributed by atoms with Gasteiger partial charge in [0, 0.05) is 0 Å². The van der Waals surface area contributed by atoms with Crippen LogP contribution in [0.2, 0.25) is 0 Å². The molecule has 0 radical (unpaired) electrons. The maximum Gasteiger partial charge on any atom is -0.00672 e. The lowest BCUT2D eigenvalue weighted by Gasteiger charge is -1.97. The van der Waals surface area contributed by atoms with Crippen LogP contribution in [0.25, 0.3) is 0 Å². The second-order valence-electron chi connectivity index (χ2n) is 2.35. The lowest BCUT2D eigenvalue weighted by atomic mass is 10.1. The Hall–Kier alpha value is -0.430. The summed E-state index contributed by atoms with van der Waals surface area (Å²) in [5, 5.41) is 0. The molecular weight excluding hydrogens is 152 g/mol. The Bertz CT molecular complexity index is 145. The van der Waals surface area contributed by atoms with Gasteiger partial charge in [0.15, 0.2) is 0 Å². The van der Waals surface area contributed by atoms with Gasteiger partial charge < -0.3 is 0 Å². The number of thioether (sulfide) groups is 1. The van der Waals surface area contributed by atoms with E-state index in [-0.39, 0.29) is 0 Å². The van der Waals surface area contributed by atoms with E-state index >= 15 is 0 Å². The quantitative estimate of drug-likeness (QED) is 0.432. The molecule has 0 aliphatic rings. The first-order chi connectivity index (χ1) is 5.31. The van der Waals surface area contributed by atoms with E-state index in [0.29, 0.717) is 0 Å². The molecule has 0 saturated heterocycles. The topological polar surface area (TPSA) is 0 Å². The first kappa shape index (κ1) is 10.6. The van der Waals surface area contributed by atoms with Crippen molar-refractivity contribution < 1.29 is 0 Å². The van der Waals surface area contributed by atoms with Crippen LogP contribution in [0.15, 0.2) is 37.0 Å². The third-order valence-electron chi connectivity index (χ3n) is 1.31. The maximum absolute atomic E-state index is 3.92.